The van der Waals surface area contributed by atoms with E-state index in [2.05, 4.69) is 5.32 Å². The Morgan fingerprint density at radius 2 is 2.11 bits per heavy atom. The Morgan fingerprint density at radius 3 is 2.53 bits per heavy atom. The maximum atomic E-state index is 12.0. The molecule has 0 aliphatic rings. The highest BCUT2D eigenvalue weighted by Gasteiger charge is 2.25. The summed E-state index contributed by atoms with van der Waals surface area (Å²) in [7, 11) is 1.54. The van der Waals surface area contributed by atoms with Gasteiger partial charge < -0.3 is 19.6 Å². The van der Waals surface area contributed by atoms with E-state index in [-0.39, 0.29) is 11.3 Å². The number of aromatic carboxylic acids is 1. The van der Waals surface area contributed by atoms with Crippen molar-refractivity contribution in [2.75, 3.05) is 13.7 Å². The van der Waals surface area contributed by atoms with Crippen LogP contribution < -0.4 is 5.32 Å². The van der Waals surface area contributed by atoms with Gasteiger partial charge in [-0.05, 0) is 13.8 Å². The van der Waals surface area contributed by atoms with Gasteiger partial charge in [0.25, 0.3) is 5.91 Å². The number of aryl methyl sites for hydroxylation is 1. The van der Waals surface area contributed by atoms with E-state index < -0.39 is 17.4 Å². The zero-order valence-electron chi connectivity index (χ0n) is 11.6. The van der Waals surface area contributed by atoms with Crippen molar-refractivity contribution in [1.82, 2.24) is 5.32 Å². The van der Waals surface area contributed by atoms with Crippen molar-refractivity contribution in [2.24, 2.45) is 0 Å². The largest absolute Gasteiger partial charge is 0.478 e. The van der Waals surface area contributed by atoms with Gasteiger partial charge in [0.05, 0.1) is 12.1 Å². The van der Waals surface area contributed by atoms with Gasteiger partial charge in [0.2, 0.25) is 0 Å². The lowest BCUT2D eigenvalue weighted by molar-refractivity contribution is 0.0693. The third kappa shape index (κ3) is 3.82. The van der Waals surface area contributed by atoms with Crippen LogP contribution in [0.4, 0.5) is 0 Å². The maximum absolute atomic E-state index is 12.0. The number of carboxylic acids is 1. The summed E-state index contributed by atoms with van der Waals surface area (Å²) >= 11 is 0. The molecule has 0 aliphatic carbocycles. The van der Waals surface area contributed by atoms with Crippen LogP contribution in [0.2, 0.25) is 0 Å². The van der Waals surface area contributed by atoms with Crippen LogP contribution in [0.15, 0.2) is 10.5 Å². The second kappa shape index (κ2) is 5.88. The fourth-order valence-electron chi connectivity index (χ4n) is 1.75. The lowest BCUT2D eigenvalue weighted by Crippen LogP contribution is -2.46. The third-order valence-corrected chi connectivity index (χ3v) is 2.54. The van der Waals surface area contributed by atoms with Gasteiger partial charge in [-0.1, -0.05) is 6.92 Å². The summed E-state index contributed by atoms with van der Waals surface area (Å²) in [5.74, 6) is -1.26. The standard InChI is InChI=1S/C13H19NO5/c1-5-9-8(12(16)17)6-10(19-9)11(15)14-13(2,3)7-18-4/h6H,5,7H2,1-4H3,(H,14,15)(H,16,17). The summed E-state index contributed by atoms with van der Waals surface area (Å²) in [4.78, 5) is 23.0. The first-order valence-electron chi connectivity index (χ1n) is 5.98. The number of amides is 1. The van der Waals surface area contributed by atoms with Gasteiger partial charge >= 0.3 is 5.97 Å². The number of methoxy groups -OCH3 is 1. The third-order valence-electron chi connectivity index (χ3n) is 2.54. The fourth-order valence-corrected chi connectivity index (χ4v) is 1.75. The average molecular weight is 269 g/mol. The number of carbonyl (C=O) groups excluding carboxylic acids is 1. The Labute approximate surface area is 111 Å². The molecule has 0 saturated heterocycles. The van der Waals surface area contributed by atoms with E-state index in [1.54, 1.807) is 27.9 Å². The van der Waals surface area contributed by atoms with E-state index in [0.29, 0.717) is 18.8 Å². The Bertz CT molecular complexity index is 475. The lowest BCUT2D eigenvalue weighted by Gasteiger charge is -2.24. The molecule has 0 saturated carbocycles. The molecule has 0 unspecified atom stereocenters. The molecule has 1 aromatic heterocycles. The minimum Gasteiger partial charge on any atom is -0.478 e. The number of furan rings is 1. The number of hydrogen-bond donors (Lipinski definition) is 2. The number of hydrogen-bond acceptors (Lipinski definition) is 4. The highest BCUT2D eigenvalue weighted by Crippen LogP contribution is 2.17. The van der Waals surface area contributed by atoms with Crippen LogP contribution in [-0.4, -0.2) is 36.2 Å². The molecule has 2 N–H and O–H groups in total. The van der Waals surface area contributed by atoms with E-state index in [1.165, 1.54) is 6.07 Å². The van der Waals surface area contributed by atoms with Crippen molar-refractivity contribution >= 4 is 11.9 Å². The van der Waals surface area contributed by atoms with Crippen LogP contribution in [0.3, 0.4) is 0 Å². The summed E-state index contributed by atoms with van der Waals surface area (Å²) in [6, 6.07) is 1.25. The predicted molar refractivity (Wildman–Crippen MR) is 68.5 cm³/mol. The molecule has 0 atom stereocenters. The van der Waals surface area contributed by atoms with Crippen LogP contribution in [0.5, 0.6) is 0 Å². The minimum atomic E-state index is -1.10. The molecule has 0 bridgehead atoms. The Morgan fingerprint density at radius 1 is 1.47 bits per heavy atom. The predicted octanol–water partition coefficient (Wildman–Crippen LogP) is 1.70. The topological polar surface area (TPSA) is 88.8 Å². The highest BCUT2D eigenvalue weighted by molar-refractivity contribution is 5.96. The molecule has 6 nitrogen and oxygen atoms in total. The normalized spacial score (nSPS) is 11.4. The van der Waals surface area contributed by atoms with Crippen molar-refractivity contribution in [1.29, 1.82) is 0 Å². The van der Waals surface area contributed by atoms with E-state index in [9.17, 15) is 9.59 Å². The number of nitrogens with one attached hydrogen (secondary N) is 1. The van der Waals surface area contributed by atoms with Crippen LogP contribution >= 0.6 is 0 Å². The van der Waals surface area contributed by atoms with E-state index in [0.717, 1.165) is 0 Å². The first-order chi connectivity index (χ1) is 8.80. The first-order valence-corrected chi connectivity index (χ1v) is 5.98. The van der Waals surface area contributed by atoms with Crippen LogP contribution in [0.25, 0.3) is 0 Å². The molecule has 1 aromatic rings. The summed E-state index contributed by atoms with van der Waals surface area (Å²) in [5.41, 5.74) is -0.536. The molecule has 19 heavy (non-hydrogen) atoms. The highest BCUT2D eigenvalue weighted by atomic mass is 16.5. The Hall–Kier alpha value is -1.82. The molecular weight excluding hydrogens is 250 g/mol. The average Bonchev–Trinajstić information content (AvgIpc) is 2.72. The molecule has 106 valence electrons. The van der Waals surface area contributed by atoms with Crippen molar-refractivity contribution in [3.05, 3.63) is 23.2 Å². The van der Waals surface area contributed by atoms with Crippen LogP contribution in [0, 0.1) is 0 Å². The summed E-state index contributed by atoms with van der Waals surface area (Å²) < 4.78 is 10.3. The molecule has 0 radical (unpaired) electrons. The van der Waals surface area contributed by atoms with E-state index in [4.69, 9.17) is 14.3 Å². The smallest absolute Gasteiger partial charge is 0.339 e. The molecule has 0 spiro atoms. The molecular formula is C13H19NO5. The van der Waals surface area contributed by atoms with Gasteiger partial charge in [-0.2, -0.15) is 0 Å². The quantitative estimate of drug-likeness (QED) is 0.820. The fraction of sp³-hybridized carbons (Fsp3) is 0.538. The lowest BCUT2D eigenvalue weighted by atomic mass is 10.1. The minimum absolute atomic E-state index is 0.00146. The molecule has 1 amide bonds. The second-order valence-corrected chi connectivity index (χ2v) is 4.88. The zero-order valence-corrected chi connectivity index (χ0v) is 11.6. The van der Waals surface area contributed by atoms with Crippen molar-refractivity contribution < 1.29 is 23.8 Å². The summed E-state index contributed by atoms with van der Waals surface area (Å²) in [6.07, 6.45) is 0.413. The number of rotatable bonds is 6. The number of carbonyl (C=O) groups is 2. The summed E-state index contributed by atoms with van der Waals surface area (Å²) in [6.45, 7) is 5.71. The Kier molecular flexibility index (Phi) is 4.72. The van der Waals surface area contributed by atoms with Crippen LogP contribution in [-0.2, 0) is 11.2 Å². The Balaban J connectivity index is 2.92. The maximum Gasteiger partial charge on any atom is 0.339 e. The zero-order chi connectivity index (χ0) is 14.6. The van der Waals surface area contributed by atoms with Gasteiger partial charge in [0, 0.05) is 19.6 Å². The van der Waals surface area contributed by atoms with Gasteiger partial charge in [0.15, 0.2) is 5.76 Å². The van der Waals surface area contributed by atoms with Crippen molar-refractivity contribution in [3.8, 4) is 0 Å². The van der Waals surface area contributed by atoms with Gasteiger partial charge in [-0.25, -0.2) is 4.79 Å². The summed E-state index contributed by atoms with van der Waals surface area (Å²) in [5, 5.41) is 11.7. The monoisotopic (exact) mass is 269 g/mol. The van der Waals surface area contributed by atoms with Crippen molar-refractivity contribution in [3.63, 3.8) is 0 Å². The molecule has 1 rings (SSSR count). The second-order valence-electron chi connectivity index (χ2n) is 4.88. The van der Waals surface area contributed by atoms with Crippen LogP contribution in [0.1, 0.15) is 47.4 Å². The molecule has 0 aromatic carbocycles. The van der Waals surface area contributed by atoms with Crippen molar-refractivity contribution in [2.45, 2.75) is 32.7 Å². The SMILES string of the molecule is CCc1oc(C(=O)NC(C)(C)COC)cc1C(=O)O. The number of carboxylic acid groups (broad SMARTS) is 1. The molecule has 0 aliphatic heterocycles. The first kappa shape index (κ1) is 15.2. The van der Waals surface area contributed by atoms with Gasteiger partial charge in [-0.3, -0.25) is 4.79 Å². The molecule has 1 heterocycles. The van der Waals surface area contributed by atoms with E-state index >= 15 is 0 Å². The van der Waals surface area contributed by atoms with Gasteiger partial charge in [-0.15, -0.1) is 0 Å². The molecule has 0 fully saturated rings. The number of ether oxygens (including phenoxy) is 1. The van der Waals surface area contributed by atoms with E-state index in [1.807, 2.05) is 0 Å². The van der Waals surface area contributed by atoms with Gasteiger partial charge in [0.1, 0.15) is 11.3 Å². The molecule has 6 heteroatoms.